The molecule has 1 aromatic carbocycles. The van der Waals surface area contributed by atoms with Crippen molar-refractivity contribution in [2.24, 2.45) is 11.8 Å². The second-order valence-electron chi connectivity index (χ2n) is 6.40. The molecule has 0 saturated carbocycles. The molecule has 0 spiro atoms. The minimum atomic E-state index is -0.523. The van der Waals surface area contributed by atoms with Crippen LogP contribution in [0.5, 0.6) is 5.75 Å². The Balaban J connectivity index is 3.16. The van der Waals surface area contributed by atoms with Gasteiger partial charge in [-0.15, -0.1) is 0 Å². The van der Waals surface area contributed by atoms with Gasteiger partial charge in [0.15, 0.2) is 0 Å². The zero-order valence-electron chi connectivity index (χ0n) is 13.8. The van der Waals surface area contributed by atoms with Crippen molar-refractivity contribution < 1.29 is 14.9 Å². The Morgan fingerprint density at radius 2 is 1.57 bits per heavy atom. The van der Waals surface area contributed by atoms with E-state index in [0.29, 0.717) is 18.3 Å². The summed E-state index contributed by atoms with van der Waals surface area (Å²) in [5.41, 5.74) is 1.82. The number of ether oxygens (including phenoxy) is 1. The summed E-state index contributed by atoms with van der Waals surface area (Å²) in [6.07, 6.45) is 1.57. The van der Waals surface area contributed by atoms with Crippen LogP contribution in [0, 0.1) is 11.8 Å². The molecule has 0 fully saturated rings. The van der Waals surface area contributed by atoms with Crippen molar-refractivity contribution in [2.75, 3.05) is 7.11 Å². The van der Waals surface area contributed by atoms with Crippen molar-refractivity contribution in [3.63, 3.8) is 0 Å². The van der Waals surface area contributed by atoms with Gasteiger partial charge in [0.1, 0.15) is 5.75 Å². The van der Waals surface area contributed by atoms with E-state index in [9.17, 15) is 10.2 Å². The minimum Gasteiger partial charge on any atom is -0.497 e. The number of aliphatic hydroxyl groups is 2. The first-order valence-electron chi connectivity index (χ1n) is 7.60. The van der Waals surface area contributed by atoms with Crippen molar-refractivity contribution in [2.45, 2.75) is 46.5 Å². The van der Waals surface area contributed by atoms with E-state index in [1.807, 2.05) is 24.3 Å². The number of benzene rings is 1. The standard InChI is InChI=1S/C18H28O3/c1-12(2)10-16(17(18(19)20)11-13(3)4)14-6-8-15(21-5)9-7-14/h6-9,12-13,16,19-20H,10-11H2,1-5H3. The summed E-state index contributed by atoms with van der Waals surface area (Å²) in [4.78, 5) is 0. The van der Waals surface area contributed by atoms with Gasteiger partial charge in [-0.05, 0) is 42.4 Å². The van der Waals surface area contributed by atoms with Crippen LogP contribution in [0.25, 0.3) is 0 Å². The first-order valence-corrected chi connectivity index (χ1v) is 7.60. The summed E-state index contributed by atoms with van der Waals surface area (Å²) in [6.45, 7) is 8.47. The van der Waals surface area contributed by atoms with Crippen LogP contribution >= 0.6 is 0 Å². The highest BCUT2D eigenvalue weighted by Gasteiger charge is 2.23. The fraction of sp³-hybridized carbons (Fsp3) is 0.556. The van der Waals surface area contributed by atoms with E-state index in [4.69, 9.17) is 4.74 Å². The van der Waals surface area contributed by atoms with Gasteiger partial charge in [-0.1, -0.05) is 39.8 Å². The molecule has 3 heteroatoms. The number of rotatable bonds is 7. The summed E-state index contributed by atoms with van der Waals surface area (Å²) in [5.74, 6) is 1.17. The van der Waals surface area contributed by atoms with Crippen molar-refractivity contribution in [1.29, 1.82) is 0 Å². The highest BCUT2D eigenvalue weighted by Crippen LogP contribution is 2.36. The molecule has 1 unspecified atom stereocenters. The summed E-state index contributed by atoms with van der Waals surface area (Å²) >= 11 is 0. The second-order valence-corrected chi connectivity index (χ2v) is 6.40. The zero-order valence-corrected chi connectivity index (χ0v) is 13.8. The lowest BCUT2D eigenvalue weighted by atomic mass is 9.81. The van der Waals surface area contributed by atoms with E-state index in [0.717, 1.165) is 23.3 Å². The van der Waals surface area contributed by atoms with Gasteiger partial charge in [-0.3, -0.25) is 0 Å². The Hall–Kier alpha value is -1.64. The van der Waals surface area contributed by atoms with Crippen LogP contribution in [0.3, 0.4) is 0 Å². The molecule has 0 aliphatic rings. The quantitative estimate of drug-likeness (QED) is 0.679. The molecule has 0 bridgehead atoms. The molecule has 1 aromatic rings. The Morgan fingerprint density at radius 1 is 1.00 bits per heavy atom. The van der Waals surface area contributed by atoms with E-state index in [-0.39, 0.29) is 5.92 Å². The number of allylic oxidation sites excluding steroid dienone is 1. The summed E-state index contributed by atoms with van der Waals surface area (Å²) in [7, 11) is 1.64. The molecule has 0 aliphatic carbocycles. The molecular weight excluding hydrogens is 264 g/mol. The van der Waals surface area contributed by atoms with Crippen LogP contribution in [0.1, 0.15) is 52.0 Å². The molecule has 0 radical (unpaired) electrons. The lowest BCUT2D eigenvalue weighted by Gasteiger charge is -2.24. The summed E-state index contributed by atoms with van der Waals surface area (Å²) in [6, 6.07) is 7.86. The van der Waals surface area contributed by atoms with Gasteiger partial charge in [-0.2, -0.15) is 0 Å². The predicted octanol–water partition coefficient (Wildman–Crippen LogP) is 5.20. The molecule has 21 heavy (non-hydrogen) atoms. The first kappa shape index (κ1) is 17.4. The Labute approximate surface area is 128 Å². The minimum absolute atomic E-state index is 0.0308. The molecule has 118 valence electrons. The molecule has 0 heterocycles. The number of methoxy groups -OCH3 is 1. The van der Waals surface area contributed by atoms with Crippen LogP contribution < -0.4 is 4.74 Å². The predicted molar refractivity (Wildman–Crippen MR) is 86.9 cm³/mol. The molecule has 0 amide bonds. The average Bonchev–Trinajstić information content (AvgIpc) is 2.42. The second kappa shape index (κ2) is 7.96. The van der Waals surface area contributed by atoms with Crippen LogP contribution in [-0.4, -0.2) is 17.3 Å². The third kappa shape index (κ3) is 5.33. The van der Waals surface area contributed by atoms with E-state index in [2.05, 4.69) is 27.7 Å². The van der Waals surface area contributed by atoms with Gasteiger partial charge in [0.05, 0.1) is 7.11 Å². The van der Waals surface area contributed by atoms with Crippen molar-refractivity contribution >= 4 is 0 Å². The van der Waals surface area contributed by atoms with Crippen LogP contribution in [0.15, 0.2) is 35.8 Å². The van der Waals surface area contributed by atoms with Crippen molar-refractivity contribution in [1.82, 2.24) is 0 Å². The number of aliphatic hydroxyl groups excluding tert-OH is 1. The lowest BCUT2D eigenvalue weighted by Crippen LogP contribution is -2.11. The fourth-order valence-corrected chi connectivity index (χ4v) is 2.62. The SMILES string of the molecule is COc1ccc(C(CC(C)C)C(CC(C)C)=C(O)O)cc1. The number of hydrogen-bond donors (Lipinski definition) is 2. The highest BCUT2D eigenvalue weighted by molar-refractivity contribution is 5.34. The third-order valence-electron chi connectivity index (χ3n) is 3.56. The molecule has 0 aliphatic heterocycles. The summed E-state index contributed by atoms with van der Waals surface area (Å²) < 4.78 is 5.19. The Bertz CT molecular complexity index is 454. The van der Waals surface area contributed by atoms with Crippen molar-refractivity contribution in [3.8, 4) is 5.75 Å². The molecular formula is C18H28O3. The maximum atomic E-state index is 9.72. The fourth-order valence-electron chi connectivity index (χ4n) is 2.62. The monoisotopic (exact) mass is 292 g/mol. The third-order valence-corrected chi connectivity index (χ3v) is 3.56. The van der Waals surface area contributed by atoms with Gasteiger partial charge < -0.3 is 14.9 Å². The first-order chi connectivity index (χ1) is 9.85. The van der Waals surface area contributed by atoms with Crippen molar-refractivity contribution in [3.05, 3.63) is 41.3 Å². The number of hydrogen-bond acceptors (Lipinski definition) is 3. The topological polar surface area (TPSA) is 49.7 Å². The van der Waals surface area contributed by atoms with Gasteiger partial charge >= 0.3 is 0 Å². The van der Waals surface area contributed by atoms with Gasteiger partial charge in [0, 0.05) is 11.5 Å². The summed E-state index contributed by atoms with van der Waals surface area (Å²) in [5, 5.41) is 19.4. The normalized spacial score (nSPS) is 12.5. The molecule has 3 nitrogen and oxygen atoms in total. The maximum Gasteiger partial charge on any atom is 0.273 e. The van der Waals surface area contributed by atoms with E-state index >= 15 is 0 Å². The molecule has 0 saturated heterocycles. The van der Waals surface area contributed by atoms with Gasteiger partial charge in [0.25, 0.3) is 5.95 Å². The average molecular weight is 292 g/mol. The molecule has 0 aromatic heterocycles. The van der Waals surface area contributed by atoms with Gasteiger partial charge in [-0.25, -0.2) is 0 Å². The molecule has 1 rings (SSSR count). The van der Waals surface area contributed by atoms with Crippen LogP contribution in [0.2, 0.25) is 0 Å². The lowest BCUT2D eigenvalue weighted by molar-refractivity contribution is 0.177. The molecule has 2 N–H and O–H groups in total. The highest BCUT2D eigenvalue weighted by atomic mass is 16.5. The maximum absolute atomic E-state index is 9.72. The Morgan fingerprint density at radius 3 is 1.95 bits per heavy atom. The Kier molecular flexibility index (Phi) is 6.60. The smallest absolute Gasteiger partial charge is 0.273 e. The largest absolute Gasteiger partial charge is 0.497 e. The van der Waals surface area contributed by atoms with E-state index in [1.54, 1.807) is 7.11 Å². The van der Waals surface area contributed by atoms with Gasteiger partial charge in [0.2, 0.25) is 0 Å². The van der Waals surface area contributed by atoms with E-state index in [1.165, 1.54) is 0 Å². The zero-order chi connectivity index (χ0) is 16.0. The van der Waals surface area contributed by atoms with Crippen LogP contribution in [0.4, 0.5) is 0 Å². The van der Waals surface area contributed by atoms with E-state index < -0.39 is 5.95 Å². The molecule has 1 atom stereocenters. The van der Waals surface area contributed by atoms with Crippen LogP contribution in [-0.2, 0) is 0 Å².